The first kappa shape index (κ1) is 18.7. The molecule has 1 aliphatic heterocycles. The number of ether oxygens (including phenoxy) is 1. The molecule has 0 saturated carbocycles. The molecule has 27 heavy (non-hydrogen) atoms. The minimum absolute atomic E-state index is 0.0450. The quantitative estimate of drug-likeness (QED) is 0.851. The normalized spacial score (nSPS) is 17.3. The summed E-state index contributed by atoms with van der Waals surface area (Å²) in [6.07, 6.45) is -4.43. The van der Waals surface area contributed by atoms with Gasteiger partial charge >= 0.3 is 12.4 Å². The lowest BCUT2D eigenvalue weighted by molar-refractivity contribution is -0.274. The first-order chi connectivity index (χ1) is 12.7. The fraction of sp³-hybridized carbons (Fsp3) is 0.375. The van der Waals surface area contributed by atoms with E-state index >= 15 is 0 Å². The Labute approximate surface area is 151 Å². The fourth-order valence-electron chi connectivity index (χ4n) is 2.61. The number of hydrogen-bond donors (Lipinski definition) is 1. The highest BCUT2D eigenvalue weighted by Crippen LogP contribution is 2.33. The number of alkyl halides is 3. The second-order valence-electron chi connectivity index (χ2n) is 5.79. The predicted octanol–water partition coefficient (Wildman–Crippen LogP) is 2.84. The summed E-state index contributed by atoms with van der Waals surface area (Å²) in [4.78, 5) is 25.0. The van der Waals surface area contributed by atoms with E-state index in [2.05, 4.69) is 20.3 Å². The number of aromatic nitrogens is 2. The highest BCUT2D eigenvalue weighted by Gasteiger charge is 2.35. The van der Waals surface area contributed by atoms with Gasteiger partial charge in [-0.25, -0.2) is 0 Å². The van der Waals surface area contributed by atoms with Crippen molar-refractivity contribution < 1.29 is 31.9 Å². The van der Waals surface area contributed by atoms with Crippen molar-refractivity contribution in [2.75, 3.05) is 16.8 Å². The summed E-state index contributed by atoms with van der Waals surface area (Å²) in [6.45, 7) is 1.90. The van der Waals surface area contributed by atoms with Crippen molar-refractivity contribution in [2.24, 2.45) is 0 Å². The molecule has 0 radical (unpaired) electrons. The van der Waals surface area contributed by atoms with Gasteiger partial charge in [0.15, 0.2) is 0 Å². The molecule has 8 nitrogen and oxygen atoms in total. The summed E-state index contributed by atoms with van der Waals surface area (Å²) in [5.41, 5.74) is 0.427. The molecule has 3 rings (SSSR count). The molecule has 144 valence electrons. The molecule has 1 aliphatic rings. The Balaban J connectivity index is 1.68. The monoisotopic (exact) mass is 384 g/mol. The fourth-order valence-corrected chi connectivity index (χ4v) is 2.61. The van der Waals surface area contributed by atoms with E-state index in [1.165, 1.54) is 17.0 Å². The van der Waals surface area contributed by atoms with Gasteiger partial charge < -0.3 is 14.1 Å². The number of anilines is 2. The molecule has 1 aromatic heterocycles. The molecule has 1 aromatic carbocycles. The van der Waals surface area contributed by atoms with Crippen LogP contribution in [0.25, 0.3) is 0 Å². The Bertz CT molecular complexity index is 835. The van der Waals surface area contributed by atoms with E-state index in [-0.39, 0.29) is 54.8 Å². The maximum Gasteiger partial charge on any atom is 0.573 e. The van der Waals surface area contributed by atoms with Crippen LogP contribution in [-0.2, 0) is 9.59 Å². The molecule has 0 spiro atoms. The number of amides is 2. The van der Waals surface area contributed by atoms with Crippen LogP contribution in [0, 0.1) is 0 Å². The van der Waals surface area contributed by atoms with Gasteiger partial charge in [-0.1, -0.05) is 12.0 Å². The van der Waals surface area contributed by atoms with Crippen LogP contribution in [0.3, 0.4) is 0 Å². The van der Waals surface area contributed by atoms with Crippen LogP contribution in [0.1, 0.15) is 31.6 Å². The highest BCUT2D eigenvalue weighted by molar-refractivity contribution is 5.96. The molecule has 2 aromatic rings. The Morgan fingerprint density at radius 2 is 2.04 bits per heavy atom. The van der Waals surface area contributed by atoms with E-state index in [0.29, 0.717) is 5.69 Å². The van der Waals surface area contributed by atoms with Gasteiger partial charge in [-0.2, -0.15) is 0 Å². The second kappa shape index (κ2) is 7.25. The van der Waals surface area contributed by atoms with Crippen molar-refractivity contribution in [1.29, 1.82) is 0 Å². The number of hydrogen-bond acceptors (Lipinski definition) is 6. The molecule has 0 aliphatic carbocycles. The SMILES string of the molecule is CCC(=O)Nc1nnc([C@H]2CC(=O)N(c3ccc(OC(F)(F)F)cc3)C2)o1. The summed E-state index contributed by atoms with van der Waals surface area (Å²) >= 11 is 0. The molecule has 1 saturated heterocycles. The van der Waals surface area contributed by atoms with Crippen molar-refractivity contribution >= 4 is 23.5 Å². The third kappa shape index (κ3) is 4.54. The number of nitrogens with one attached hydrogen (secondary N) is 1. The molecule has 1 atom stereocenters. The molecule has 1 N–H and O–H groups in total. The van der Waals surface area contributed by atoms with Crippen LogP contribution in [0.5, 0.6) is 5.75 Å². The van der Waals surface area contributed by atoms with Crippen LogP contribution in [-0.4, -0.2) is 34.9 Å². The van der Waals surface area contributed by atoms with Crippen LogP contribution in [0.2, 0.25) is 0 Å². The summed E-state index contributed by atoms with van der Waals surface area (Å²) in [5.74, 6) is -1.07. The zero-order valence-electron chi connectivity index (χ0n) is 14.1. The number of rotatable bonds is 5. The van der Waals surface area contributed by atoms with Gasteiger partial charge in [-0.3, -0.25) is 14.9 Å². The van der Waals surface area contributed by atoms with E-state index in [1.807, 2.05) is 0 Å². The highest BCUT2D eigenvalue weighted by atomic mass is 19.4. The Morgan fingerprint density at radius 1 is 1.33 bits per heavy atom. The molecule has 0 unspecified atom stereocenters. The average molecular weight is 384 g/mol. The second-order valence-corrected chi connectivity index (χ2v) is 5.79. The zero-order chi connectivity index (χ0) is 19.6. The summed E-state index contributed by atoms with van der Waals surface area (Å²) in [5, 5.41) is 9.99. The summed E-state index contributed by atoms with van der Waals surface area (Å²) < 4.78 is 45.8. The standard InChI is InChI=1S/C16H15F3N4O4/c1-2-12(24)20-15-22-21-14(26-15)9-7-13(25)23(8-9)10-3-5-11(6-4-10)27-16(17,18)19/h3-6,9H,2,7-8H2,1H3,(H,20,22,24)/t9-/m0/s1. The summed E-state index contributed by atoms with van der Waals surface area (Å²) in [6, 6.07) is 4.95. The van der Waals surface area contributed by atoms with Gasteiger partial charge in [0, 0.05) is 25.1 Å². The van der Waals surface area contributed by atoms with Crippen molar-refractivity contribution in [3.8, 4) is 5.75 Å². The number of nitrogens with zero attached hydrogens (tertiary/aromatic N) is 3. The van der Waals surface area contributed by atoms with Crippen molar-refractivity contribution in [3.05, 3.63) is 30.2 Å². The molecule has 0 bridgehead atoms. The van der Waals surface area contributed by atoms with Crippen molar-refractivity contribution in [1.82, 2.24) is 10.2 Å². The lowest BCUT2D eigenvalue weighted by Gasteiger charge is -2.17. The molecule has 2 amide bonds. The van der Waals surface area contributed by atoms with Gasteiger partial charge in [-0.15, -0.1) is 18.3 Å². The predicted molar refractivity (Wildman–Crippen MR) is 86.1 cm³/mol. The average Bonchev–Trinajstić information content (AvgIpc) is 3.21. The Kier molecular flexibility index (Phi) is 5.02. The Morgan fingerprint density at radius 3 is 2.67 bits per heavy atom. The third-order valence-corrected chi connectivity index (χ3v) is 3.86. The number of benzene rings is 1. The van der Waals surface area contributed by atoms with E-state index in [0.717, 1.165) is 12.1 Å². The van der Waals surface area contributed by atoms with Crippen LogP contribution in [0.15, 0.2) is 28.7 Å². The lowest BCUT2D eigenvalue weighted by Crippen LogP contribution is -2.24. The minimum atomic E-state index is -4.78. The smallest absolute Gasteiger partial charge is 0.407 e. The minimum Gasteiger partial charge on any atom is -0.407 e. The van der Waals surface area contributed by atoms with Gasteiger partial charge in [0.25, 0.3) is 0 Å². The van der Waals surface area contributed by atoms with Gasteiger partial charge in [0.1, 0.15) is 5.75 Å². The number of carbonyl (C=O) groups is 2. The van der Waals surface area contributed by atoms with Crippen molar-refractivity contribution in [3.63, 3.8) is 0 Å². The van der Waals surface area contributed by atoms with Crippen LogP contribution < -0.4 is 15.0 Å². The molecular weight excluding hydrogens is 369 g/mol. The van der Waals surface area contributed by atoms with E-state index < -0.39 is 6.36 Å². The van der Waals surface area contributed by atoms with Crippen molar-refractivity contribution in [2.45, 2.75) is 32.0 Å². The van der Waals surface area contributed by atoms with Gasteiger partial charge in [0.05, 0.1) is 5.92 Å². The maximum atomic E-state index is 12.3. The van der Waals surface area contributed by atoms with E-state index in [9.17, 15) is 22.8 Å². The van der Waals surface area contributed by atoms with Gasteiger partial charge in [0.2, 0.25) is 17.7 Å². The van der Waals surface area contributed by atoms with E-state index in [1.54, 1.807) is 6.92 Å². The van der Waals surface area contributed by atoms with Crippen LogP contribution in [0.4, 0.5) is 24.9 Å². The Hall–Kier alpha value is -3.11. The lowest BCUT2D eigenvalue weighted by atomic mass is 10.1. The van der Waals surface area contributed by atoms with Crippen LogP contribution >= 0.6 is 0 Å². The molecular formula is C16H15F3N4O4. The number of halogens is 3. The van der Waals surface area contributed by atoms with Gasteiger partial charge in [-0.05, 0) is 24.3 Å². The first-order valence-corrected chi connectivity index (χ1v) is 8.04. The maximum absolute atomic E-state index is 12.3. The largest absolute Gasteiger partial charge is 0.573 e. The zero-order valence-corrected chi connectivity index (χ0v) is 14.1. The van der Waals surface area contributed by atoms with E-state index in [4.69, 9.17) is 4.42 Å². The molecule has 11 heteroatoms. The number of carbonyl (C=O) groups excluding carboxylic acids is 2. The summed E-state index contributed by atoms with van der Waals surface area (Å²) in [7, 11) is 0. The molecule has 1 fully saturated rings. The first-order valence-electron chi connectivity index (χ1n) is 8.04. The molecule has 2 heterocycles. The third-order valence-electron chi connectivity index (χ3n) is 3.86. The topological polar surface area (TPSA) is 97.6 Å².